The Morgan fingerprint density at radius 2 is 1.27 bits per heavy atom. The SMILES string of the molecule is COc1cc([C@H]2C3=CC[C@@H]4C(=O)N(CCc5ccc(O)cc5)C(=O)[C@@H]4[C@@H]3C[C@H]3C(=O)N(CCc4ccc(O)cc4)C(=O)[C@@H]23)cc(Br)c1O. The summed E-state index contributed by atoms with van der Waals surface area (Å²) in [5.74, 6) is -4.33. The van der Waals surface area contributed by atoms with Crippen LogP contribution in [0.4, 0.5) is 0 Å². The van der Waals surface area contributed by atoms with Crippen LogP contribution in [0, 0.1) is 29.6 Å². The Bertz CT molecular complexity index is 1840. The normalized spacial score (nSPS) is 26.3. The molecule has 0 radical (unpaired) electrons. The fourth-order valence-corrected chi connectivity index (χ4v) is 8.73. The zero-order chi connectivity index (χ0) is 33.9. The van der Waals surface area contributed by atoms with Gasteiger partial charge in [0.05, 0.1) is 35.3 Å². The van der Waals surface area contributed by atoms with Crippen molar-refractivity contribution in [1.29, 1.82) is 0 Å². The summed E-state index contributed by atoms with van der Waals surface area (Å²) in [6, 6.07) is 16.7. The van der Waals surface area contributed by atoms with Gasteiger partial charge in [0.25, 0.3) is 0 Å². The first-order chi connectivity index (χ1) is 23.1. The summed E-state index contributed by atoms with van der Waals surface area (Å²) in [4.78, 5) is 58.8. The number of likely N-dealkylation sites (tertiary alicyclic amines) is 2. The van der Waals surface area contributed by atoms with Gasteiger partial charge in [-0.05, 0) is 101 Å². The zero-order valence-electron chi connectivity index (χ0n) is 26.2. The summed E-state index contributed by atoms with van der Waals surface area (Å²) < 4.78 is 5.83. The first kappa shape index (κ1) is 31.9. The number of phenols is 3. The number of hydrogen-bond acceptors (Lipinski definition) is 8. The van der Waals surface area contributed by atoms with Crippen molar-refractivity contribution in [3.8, 4) is 23.0 Å². The van der Waals surface area contributed by atoms with E-state index in [2.05, 4.69) is 15.9 Å². The molecule has 2 aliphatic heterocycles. The Labute approximate surface area is 285 Å². The number of halogens is 1. The number of methoxy groups -OCH3 is 1. The molecule has 0 bridgehead atoms. The van der Waals surface area contributed by atoms with Crippen LogP contribution in [-0.2, 0) is 32.0 Å². The molecule has 4 amide bonds. The van der Waals surface area contributed by atoms with Gasteiger partial charge in [-0.1, -0.05) is 35.9 Å². The third kappa shape index (κ3) is 5.34. The molecule has 2 heterocycles. The molecule has 3 fully saturated rings. The van der Waals surface area contributed by atoms with E-state index >= 15 is 0 Å². The molecule has 3 aromatic rings. The van der Waals surface area contributed by atoms with Crippen LogP contribution < -0.4 is 4.74 Å². The number of benzene rings is 3. The smallest absolute Gasteiger partial charge is 0.234 e. The predicted molar refractivity (Wildman–Crippen MR) is 177 cm³/mol. The number of allylic oxidation sites excluding steroid dienone is 2. The highest BCUT2D eigenvalue weighted by Gasteiger charge is 2.61. The molecule has 1 saturated carbocycles. The average Bonchev–Trinajstić information content (AvgIpc) is 3.47. The number of carbonyl (C=O) groups excluding carboxylic acids is 4. The number of hydrogen-bond donors (Lipinski definition) is 3. The minimum absolute atomic E-state index is 0.0898. The Kier molecular flexibility index (Phi) is 8.27. The standard InChI is InChI=1S/C37H35BrN2O8/c1-48-29-17-21(16-28(38)33(29)43)30-24-10-11-25-31(36(46)39(34(25)44)14-12-19-2-6-22(41)7-3-19)26(24)18-27-32(30)37(47)40(35(27)45)15-13-20-4-8-23(42)9-5-20/h2-10,16-17,25-27,30-32,41-43H,11-15,18H2,1H3/t25-,26+,27+,30-,31-,32+/m0/s1. The van der Waals surface area contributed by atoms with E-state index in [-0.39, 0.29) is 66.1 Å². The Hall–Kier alpha value is -4.64. The lowest BCUT2D eigenvalue weighted by Crippen LogP contribution is -2.43. The third-order valence-corrected chi connectivity index (χ3v) is 11.2. The van der Waals surface area contributed by atoms with Crippen LogP contribution in [0.25, 0.3) is 0 Å². The zero-order valence-corrected chi connectivity index (χ0v) is 27.8. The van der Waals surface area contributed by atoms with Crippen molar-refractivity contribution in [2.45, 2.75) is 31.6 Å². The van der Waals surface area contributed by atoms with Crippen LogP contribution in [0.5, 0.6) is 23.0 Å². The van der Waals surface area contributed by atoms with Crippen molar-refractivity contribution in [3.05, 3.63) is 93.5 Å². The fraction of sp³-hybridized carbons (Fsp3) is 0.351. The van der Waals surface area contributed by atoms with Crippen LogP contribution >= 0.6 is 15.9 Å². The second-order valence-electron chi connectivity index (χ2n) is 13.1. The summed E-state index contributed by atoms with van der Waals surface area (Å²) in [6.45, 7) is 0.376. The van der Waals surface area contributed by atoms with E-state index in [9.17, 15) is 34.5 Å². The molecule has 4 aliphatic rings. The van der Waals surface area contributed by atoms with Gasteiger partial charge < -0.3 is 20.1 Å². The summed E-state index contributed by atoms with van der Waals surface area (Å²) in [5.41, 5.74) is 3.29. The van der Waals surface area contributed by atoms with E-state index in [4.69, 9.17) is 4.74 Å². The van der Waals surface area contributed by atoms with Gasteiger partial charge in [0.2, 0.25) is 23.6 Å². The fourth-order valence-electron chi connectivity index (χ4n) is 8.27. The van der Waals surface area contributed by atoms with E-state index in [1.165, 1.54) is 16.9 Å². The molecular weight excluding hydrogens is 680 g/mol. The maximum atomic E-state index is 14.2. The molecule has 48 heavy (non-hydrogen) atoms. The van der Waals surface area contributed by atoms with Gasteiger partial charge >= 0.3 is 0 Å². The number of aromatic hydroxyl groups is 3. The molecule has 10 nitrogen and oxygen atoms in total. The van der Waals surface area contributed by atoms with Crippen LogP contribution in [0.3, 0.4) is 0 Å². The molecule has 6 atom stereocenters. The lowest BCUT2D eigenvalue weighted by molar-refractivity contribution is -0.142. The number of imide groups is 2. The van der Waals surface area contributed by atoms with Crippen molar-refractivity contribution in [2.24, 2.45) is 29.6 Å². The van der Waals surface area contributed by atoms with Crippen LogP contribution in [0.1, 0.15) is 35.4 Å². The maximum absolute atomic E-state index is 14.2. The molecule has 3 aromatic carbocycles. The lowest BCUT2D eigenvalue weighted by Gasteiger charge is -2.44. The molecule has 2 saturated heterocycles. The molecule has 0 unspecified atom stereocenters. The number of rotatable bonds is 8. The number of phenolic OH excluding ortho intramolecular Hbond substituents is 3. The van der Waals surface area contributed by atoms with Gasteiger partial charge in [0.15, 0.2) is 11.5 Å². The van der Waals surface area contributed by atoms with Gasteiger partial charge in [0.1, 0.15) is 11.5 Å². The molecule has 11 heteroatoms. The van der Waals surface area contributed by atoms with Crippen molar-refractivity contribution >= 4 is 39.6 Å². The number of carbonyl (C=O) groups is 4. The van der Waals surface area contributed by atoms with E-state index in [1.54, 1.807) is 60.7 Å². The van der Waals surface area contributed by atoms with Gasteiger partial charge in [-0.2, -0.15) is 0 Å². The average molecular weight is 716 g/mol. The Balaban J connectivity index is 1.23. The molecule has 2 aliphatic carbocycles. The number of amides is 4. The Morgan fingerprint density at radius 3 is 1.83 bits per heavy atom. The molecule has 0 aromatic heterocycles. The van der Waals surface area contributed by atoms with Crippen molar-refractivity contribution in [3.63, 3.8) is 0 Å². The summed E-state index contributed by atoms with van der Waals surface area (Å²) in [7, 11) is 1.44. The van der Waals surface area contributed by atoms with Gasteiger partial charge in [-0.3, -0.25) is 29.0 Å². The summed E-state index contributed by atoms with van der Waals surface area (Å²) in [6.07, 6.45) is 3.47. The van der Waals surface area contributed by atoms with E-state index in [0.717, 1.165) is 16.7 Å². The second kappa shape index (κ2) is 12.4. The number of ether oxygens (including phenoxy) is 1. The highest BCUT2D eigenvalue weighted by atomic mass is 79.9. The van der Waals surface area contributed by atoms with E-state index < -0.39 is 35.5 Å². The quantitative estimate of drug-likeness (QED) is 0.225. The highest BCUT2D eigenvalue weighted by Crippen LogP contribution is 2.58. The van der Waals surface area contributed by atoms with Gasteiger partial charge in [-0.25, -0.2) is 0 Å². The van der Waals surface area contributed by atoms with Crippen molar-refractivity contribution in [2.75, 3.05) is 20.2 Å². The minimum atomic E-state index is -0.727. The number of fused-ring (bicyclic) bond motifs is 4. The molecule has 3 N–H and O–H groups in total. The van der Waals surface area contributed by atoms with E-state index in [1.807, 2.05) is 6.08 Å². The molecule has 248 valence electrons. The van der Waals surface area contributed by atoms with Crippen molar-refractivity contribution < 1.29 is 39.2 Å². The summed E-state index contributed by atoms with van der Waals surface area (Å²) in [5, 5.41) is 29.9. The van der Waals surface area contributed by atoms with Crippen LogP contribution in [-0.4, -0.2) is 68.9 Å². The van der Waals surface area contributed by atoms with Crippen LogP contribution in [0.15, 0.2) is 76.8 Å². The van der Waals surface area contributed by atoms with Crippen molar-refractivity contribution in [1.82, 2.24) is 9.80 Å². The van der Waals surface area contributed by atoms with Crippen LogP contribution in [0.2, 0.25) is 0 Å². The maximum Gasteiger partial charge on any atom is 0.234 e. The Morgan fingerprint density at radius 1 is 0.729 bits per heavy atom. The monoisotopic (exact) mass is 714 g/mol. The minimum Gasteiger partial charge on any atom is -0.508 e. The van der Waals surface area contributed by atoms with Gasteiger partial charge in [0, 0.05) is 19.0 Å². The second-order valence-corrected chi connectivity index (χ2v) is 13.9. The topological polar surface area (TPSA) is 145 Å². The molecule has 0 spiro atoms. The highest BCUT2D eigenvalue weighted by molar-refractivity contribution is 9.10. The van der Waals surface area contributed by atoms with Gasteiger partial charge in [-0.15, -0.1) is 0 Å². The third-order valence-electron chi connectivity index (χ3n) is 10.6. The largest absolute Gasteiger partial charge is 0.508 e. The first-order valence-electron chi connectivity index (χ1n) is 16.1. The molecular formula is C37H35BrN2O8. The summed E-state index contributed by atoms with van der Waals surface area (Å²) >= 11 is 3.42. The number of nitrogens with zero attached hydrogens (tertiary/aromatic N) is 2. The molecule has 7 rings (SSSR count). The lowest BCUT2D eigenvalue weighted by atomic mass is 9.57. The van der Waals surface area contributed by atoms with E-state index in [0.29, 0.717) is 29.3 Å². The predicted octanol–water partition coefficient (Wildman–Crippen LogP) is 4.70. The first-order valence-corrected chi connectivity index (χ1v) is 16.9.